The molecule has 0 aliphatic carbocycles. The molecule has 5 rings (SSSR count). The van der Waals surface area contributed by atoms with Gasteiger partial charge in [-0.05, 0) is 24.3 Å². The fraction of sp³-hybridized carbons (Fsp3) is 0.290. The summed E-state index contributed by atoms with van der Waals surface area (Å²) < 4.78 is 24.5. The number of aliphatic hydroxyl groups excluding tert-OH is 2. The summed E-state index contributed by atoms with van der Waals surface area (Å²) in [4.78, 5) is 17.7. The maximum atomic E-state index is 13.3. The number of hydrogen-bond donors (Lipinski definition) is 3. The number of nitrogens with one attached hydrogen (secondary N) is 1. The lowest BCUT2D eigenvalue weighted by Crippen LogP contribution is -2.40. The molecule has 0 saturated carbocycles. The summed E-state index contributed by atoms with van der Waals surface area (Å²) in [5, 5.41) is 23.2. The molecule has 3 aromatic carbocycles. The Morgan fingerprint density at radius 2 is 1.37 bits per heavy atom. The monoisotopic (exact) mass is 559 g/mol. The van der Waals surface area contributed by atoms with Crippen LogP contribution in [-0.2, 0) is 10.3 Å². The first-order chi connectivity index (χ1) is 20.0. The summed E-state index contributed by atoms with van der Waals surface area (Å²) in [6.45, 7) is -0.348. The van der Waals surface area contributed by atoms with Gasteiger partial charge in [0, 0.05) is 29.3 Å². The van der Waals surface area contributed by atoms with Crippen LogP contribution in [0.4, 0.5) is 5.82 Å². The third-order valence-corrected chi connectivity index (χ3v) is 7.37. The number of ether oxygens (including phenoxy) is 4. The molecule has 214 valence electrons. The van der Waals surface area contributed by atoms with Gasteiger partial charge in [-0.2, -0.15) is 4.98 Å². The lowest BCUT2D eigenvalue weighted by atomic mass is 9.75. The summed E-state index contributed by atoms with van der Waals surface area (Å²) in [5.41, 5.74) is 0.403. The summed E-state index contributed by atoms with van der Waals surface area (Å²) >= 11 is 0. The van der Waals surface area contributed by atoms with E-state index in [0.717, 1.165) is 16.7 Å². The number of hydrogen-bond acceptors (Lipinski definition) is 9. The maximum absolute atomic E-state index is 13.3. The molecule has 3 atom stereocenters. The van der Waals surface area contributed by atoms with Crippen LogP contribution in [0, 0.1) is 0 Å². The molecule has 2 heterocycles. The average Bonchev–Trinajstić information content (AvgIpc) is 3.39. The number of rotatable bonds is 10. The van der Waals surface area contributed by atoms with Gasteiger partial charge >= 0.3 is 5.69 Å². The second kappa shape index (κ2) is 12.0. The van der Waals surface area contributed by atoms with Crippen molar-refractivity contribution in [3.05, 3.63) is 112 Å². The van der Waals surface area contributed by atoms with Crippen LogP contribution in [0.1, 0.15) is 29.3 Å². The molecule has 0 bridgehead atoms. The molecule has 1 aromatic heterocycles. The number of methoxy groups -OCH3 is 3. The van der Waals surface area contributed by atoms with E-state index in [9.17, 15) is 15.0 Å². The van der Waals surface area contributed by atoms with Gasteiger partial charge in [0.25, 0.3) is 0 Å². The minimum atomic E-state index is -1.21. The molecule has 0 radical (unpaired) electrons. The number of nitrogens with zero attached hydrogens (tertiary/aromatic N) is 2. The molecule has 10 nitrogen and oxygen atoms in total. The molecule has 0 unspecified atom stereocenters. The van der Waals surface area contributed by atoms with E-state index < -0.39 is 29.7 Å². The van der Waals surface area contributed by atoms with E-state index >= 15 is 0 Å². The maximum Gasteiger partial charge on any atom is 0.351 e. The second-order valence-electron chi connectivity index (χ2n) is 9.59. The largest absolute Gasteiger partial charge is 0.496 e. The zero-order chi connectivity index (χ0) is 29.0. The van der Waals surface area contributed by atoms with Crippen molar-refractivity contribution < 1.29 is 29.2 Å². The highest BCUT2D eigenvalue weighted by Gasteiger charge is 2.43. The van der Waals surface area contributed by atoms with Gasteiger partial charge in [0.05, 0.1) is 34.0 Å². The van der Waals surface area contributed by atoms with E-state index in [1.165, 1.54) is 4.57 Å². The van der Waals surface area contributed by atoms with Crippen LogP contribution in [-0.4, -0.2) is 59.9 Å². The van der Waals surface area contributed by atoms with Crippen LogP contribution in [0.3, 0.4) is 0 Å². The predicted molar refractivity (Wildman–Crippen MR) is 153 cm³/mol. The van der Waals surface area contributed by atoms with Gasteiger partial charge in [-0.25, -0.2) is 4.79 Å². The summed E-state index contributed by atoms with van der Waals surface area (Å²) in [5.74, 6) is 2.04. The zero-order valence-electron chi connectivity index (χ0n) is 23.1. The van der Waals surface area contributed by atoms with Crippen LogP contribution in [0.2, 0.25) is 0 Å². The quantitative estimate of drug-likeness (QED) is 0.251. The fourth-order valence-electron chi connectivity index (χ4n) is 5.44. The van der Waals surface area contributed by atoms with Crippen LogP contribution in [0.25, 0.3) is 0 Å². The van der Waals surface area contributed by atoms with E-state index in [-0.39, 0.29) is 18.8 Å². The minimum Gasteiger partial charge on any atom is -0.496 e. The van der Waals surface area contributed by atoms with Gasteiger partial charge in [0.15, 0.2) is 0 Å². The fourth-order valence-corrected chi connectivity index (χ4v) is 5.44. The van der Waals surface area contributed by atoms with E-state index in [2.05, 4.69) is 10.3 Å². The van der Waals surface area contributed by atoms with E-state index in [4.69, 9.17) is 18.9 Å². The standard InChI is InChI=1S/C31H33N3O7/c1-38-24-13-7-4-10-20(24)31(21-11-5-8-14-25(21)39-2,22-12-6-9-15-26(22)40-3)33-28-16-17-34(30(37)32-28)29-18-23(36)27(19-35)41-29/h4-17,23,27,29,35-36H,18-19H2,1-3H3,(H,32,33,37)/t23-,27+,29+/m0/s1. The number of benzene rings is 3. The Hall–Kier alpha value is -4.38. The summed E-state index contributed by atoms with van der Waals surface area (Å²) in [6, 6.07) is 24.4. The lowest BCUT2D eigenvalue weighted by molar-refractivity contribution is -0.0458. The molecule has 3 N–H and O–H groups in total. The van der Waals surface area contributed by atoms with Crippen molar-refractivity contribution in [2.24, 2.45) is 0 Å². The van der Waals surface area contributed by atoms with Gasteiger partial charge in [0.1, 0.15) is 40.9 Å². The van der Waals surface area contributed by atoms with Crippen molar-refractivity contribution in [1.82, 2.24) is 9.55 Å². The van der Waals surface area contributed by atoms with Gasteiger partial charge < -0.3 is 34.5 Å². The Morgan fingerprint density at radius 3 is 1.78 bits per heavy atom. The van der Waals surface area contributed by atoms with E-state index in [1.54, 1.807) is 33.6 Å². The molecule has 0 spiro atoms. The van der Waals surface area contributed by atoms with Gasteiger partial charge in [-0.15, -0.1) is 0 Å². The van der Waals surface area contributed by atoms with Crippen LogP contribution >= 0.6 is 0 Å². The first kappa shape index (κ1) is 28.2. The Kier molecular flexibility index (Phi) is 8.25. The number of para-hydroxylation sites is 3. The van der Waals surface area contributed by atoms with Crippen LogP contribution < -0.4 is 25.2 Å². The SMILES string of the molecule is COc1ccccc1C(Nc1ccn([C@H]2C[C@H](O)[C@@H](CO)O2)c(=O)n1)(c1ccccc1OC)c1ccccc1OC. The molecular formula is C31H33N3O7. The minimum absolute atomic E-state index is 0.160. The van der Waals surface area contributed by atoms with Crippen molar-refractivity contribution >= 4 is 5.82 Å². The first-order valence-electron chi connectivity index (χ1n) is 13.2. The highest BCUT2D eigenvalue weighted by Crippen LogP contribution is 2.49. The van der Waals surface area contributed by atoms with Crippen molar-refractivity contribution in [2.45, 2.75) is 30.4 Å². The number of anilines is 1. The Labute approximate surface area is 237 Å². The molecule has 1 fully saturated rings. The normalized spacial score (nSPS) is 18.6. The molecule has 1 aliphatic heterocycles. The second-order valence-corrected chi connectivity index (χ2v) is 9.59. The first-order valence-corrected chi connectivity index (χ1v) is 13.2. The highest BCUT2D eigenvalue weighted by atomic mass is 16.5. The van der Waals surface area contributed by atoms with E-state index in [0.29, 0.717) is 17.2 Å². The molecule has 10 heteroatoms. The zero-order valence-corrected chi connectivity index (χ0v) is 23.1. The Bertz CT molecular complexity index is 1440. The molecule has 1 aliphatic rings. The Balaban J connectivity index is 1.74. The molecule has 4 aromatic rings. The molecule has 41 heavy (non-hydrogen) atoms. The molecule has 1 saturated heterocycles. The average molecular weight is 560 g/mol. The van der Waals surface area contributed by atoms with Crippen molar-refractivity contribution in [2.75, 3.05) is 33.3 Å². The number of aliphatic hydroxyl groups is 2. The van der Waals surface area contributed by atoms with Crippen LogP contribution in [0.15, 0.2) is 89.9 Å². The summed E-state index contributed by atoms with van der Waals surface area (Å²) in [7, 11) is 4.80. The smallest absolute Gasteiger partial charge is 0.351 e. The summed E-state index contributed by atoms with van der Waals surface area (Å²) in [6.07, 6.45) is -0.680. The predicted octanol–water partition coefficient (Wildman–Crippen LogP) is 3.31. The van der Waals surface area contributed by atoms with Crippen molar-refractivity contribution in [3.63, 3.8) is 0 Å². The number of aromatic nitrogens is 2. The van der Waals surface area contributed by atoms with Crippen molar-refractivity contribution in [1.29, 1.82) is 0 Å². The van der Waals surface area contributed by atoms with Gasteiger partial charge in [0.2, 0.25) is 0 Å². The highest BCUT2D eigenvalue weighted by molar-refractivity contribution is 5.66. The van der Waals surface area contributed by atoms with Crippen molar-refractivity contribution in [3.8, 4) is 17.2 Å². The Morgan fingerprint density at radius 1 is 0.878 bits per heavy atom. The van der Waals surface area contributed by atoms with E-state index in [1.807, 2.05) is 72.8 Å². The molecular weight excluding hydrogens is 526 g/mol. The third kappa shape index (κ3) is 5.13. The topological polar surface area (TPSA) is 124 Å². The third-order valence-electron chi connectivity index (χ3n) is 7.37. The molecule has 0 amide bonds. The lowest BCUT2D eigenvalue weighted by Gasteiger charge is -2.39. The van der Waals surface area contributed by atoms with Crippen LogP contribution in [0.5, 0.6) is 17.2 Å². The van der Waals surface area contributed by atoms with Gasteiger partial charge in [-0.1, -0.05) is 54.6 Å². The van der Waals surface area contributed by atoms with Gasteiger partial charge in [-0.3, -0.25) is 4.57 Å².